The average molecular weight is 241 g/mol. The first-order chi connectivity index (χ1) is 8.83. The minimum absolute atomic E-state index is 0.0122. The number of rotatable bonds is 6. The van der Waals surface area contributed by atoms with E-state index in [0.29, 0.717) is 12.2 Å². The van der Waals surface area contributed by atoms with Crippen LogP contribution in [0.25, 0.3) is 5.69 Å². The largest absolute Gasteiger partial charge is 0.306 e. The fourth-order valence-electron chi connectivity index (χ4n) is 1.67. The molecular weight excluding hydrogens is 226 g/mol. The van der Waals surface area contributed by atoms with Gasteiger partial charge in [-0.3, -0.25) is 4.79 Å². The van der Waals surface area contributed by atoms with Crippen molar-refractivity contribution in [3.8, 4) is 5.69 Å². The maximum absolute atomic E-state index is 12.0. The summed E-state index contributed by atoms with van der Waals surface area (Å²) in [5.41, 5.74) is 1.47. The summed E-state index contributed by atoms with van der Waals surface area (Å²) in [5.74, 6) is 0.0122. The Kier molecular flexibility index (Phi) is 4.04. The molecule has 1 aromatic heterocycles. The van der Waals surface area contributed by atoms with Crippen molar-refractivity contribution < 1.29 is 4.79 Å². The lowest BCUT2D eigenvalue weighted by Gasteiger charge is -2.06. The predicted molar refractivity (Wildman–Crippen MR) is 71.0 cm³/mol. The highest BCUT2D eigenvalue weighted by Crippen LogP contribution is 2.10. The standard InChI is InChI=1S/C14H15N3O/c1-2-9-15-11-14(18)13-8-10-16-17(13)12-6-4-3-5-7-12/h2-8,10,15H,1,9,11H2. The van der Waals surface area contributed by atoms with Gasteiger partial charge in [-0.15, -0.1) is 6.58 Å². The number of carbonyl (C=O) groups is 1. The maximum atomic E-state index is 12.0. The van der Waals surface area contributed by atoms with Gasteiger partial charge in [0.1, 0.15) is 5.69 Å². The van der Waals surface area contributed by atoms with Crippen molar-refractivity contribution in [2.75, 3.05) is 13.1 Å². The molecule has 0 radical (unpaired) electrons. The molecule has 0 saturated carbocycles. The van der Waals surface area contributed by atoms with Crippen LogP contribution in [0.1, 0.15) is 10.5 Å². The Balaban J connectivity index is 2.18. The van der Waals surface area contributed by atoms with E-state index in [1.165, 1.54) is 0 Å². The molecule has 0 amide bonds. The first kappa shape index (κ1) is 12.3. The van der Waals surface area contributed by atoms with E-state index in [1.54, 1.807) is 23.0 Å². The Hall–Kier alpha value is -2.20. The third-order valence-corrected chi connectivity index (χ3v) is 2.50. The zero-order chi connectivity index (χ0) is 12.8. The van der Waals surface area contributed by atoms with Crippen molar-refractivity contribution in [1.82, 2.24) is 15.1 Å². The molecule has 0 spiro atoms. The Morgan fingerprint density at radius 3 is 2.83 bits per heavy atom. The SMILES string of the molecule is C=CCNCC(=O)c1ccnn1-c1ccccc1. The van der Waals surface area contributed by atoms with Crippen molar-refractivity contribution >= 4 is 5.78 Å². The summed E-state index contributed by atoms with van der Waals surface area (Å²) in [4.78, 5) is 12.0. The Labute approximate surface area is 106 Å². The number of aromatic nitrogens is 2. The van der Waals surface area contributed by atoms with Gasteiger partial charge in [-0.2, -0.15) is 5.10 Å². The zero-order valence-electron chi connectivity index (χ0n) is 10.0. The highest BCUT2D eigenvalue weighted by atomic mass is 16.1. The van der Waals surface area contributed by atoms with Crippen molar-refractivity contribution in [2.45, 2.75) is 0 Å². The highest BCUT2D eigenvalue weighted by molar-refractivity contribution is 5.96. The number of para-hydroxylation sites is 1. The molecule has 0 fully saturated rings. The van der Waals surface area contributed by atoms with Crippen LogP contribution >= 0.6 is 0 Å². The normalized spacial score (nSPS) is 10.2. The quantitative estimate of drug-likeness (QED) is 0.477. The van der Waals surface area contributed by atoms with Gasteiger partial charge in [-0.1, -0.05) is 24.3 Å². The van der Waals surface area contributed by atoms with Crippen LogP contribution in [-0.4, -0.2) is 28.7 Å². The number of nitrogens with zero attached hydrogens (tertiary/aromatic N) is 2. The van der Waals surface area contributed by atoms with Gasteiger partial charge in [-0.25, -0.2) is 4.68 Å². The highest BCUT2D eigenvalue weighted by Gasteiger charge is 2.12. The molecule has 2 aromatic rings. The monoisotopic (exact) mass is 241 g/mol. The Morgan fingerprint density at radius 2 is 2.11 bits per heavy atom. The number of nitrogens with one attached hydrogen (secondary N) is 1. The van der Waals surface area contributed by atoms with Crippen molar-refractivity contribution in [1.29, 1.82) is 0 Å². The van der Waals surface area contributed by atoms with Crippen molar-refractivity contribution in [3.63, 3.8) is 0 Å². The molecule has 0 saturated heterocycles. The minimum atomic E-state index is 0.0122. The molecule has 2 rings (SSSR count). The molecule has 1 aromatic carbocycles. The molecule has 0 aliphatic carbocycles. The maximum Gasteiger partial charge on any atom is 0.195 e. The van der Waals surface area contributed by atoms with Gasteiger partial charge in [0.25, 0.3) is 0 Å². The van der Waals surface area contributed by atoms with Gasteiger partial charge in [0.05, 0.1) is 18.4 Å². The number of hydrogen-bond acceptors (Lipinski definition) is 3. The van der Waals surface area contributed by atoms with E-state index in [1.807, 2.05) is 30.3 Å². The summed E-state index contributed by atoms with van der Waals surface area (Å²) in [6.07, 6.45) is 3.36. The van der Waals surface area contributed by atoms with Gasteiger partial charge in [0.2, 0.25) is 0 Å². The third-order valence-electron chi connectivity index (χ3n) is 2.50. The van der Waals surface area contributed by atoms with E-state index in [9.17, 15) is 4.79 Å². The second kappa shape index (κ2) is 5.93. The molecule has 1 heterocycles. The number of ketones is 1. The third kappa shape index (κ3) is 2.73. The van der Waals surface area contributed by atoms with Crippen LogP contribution in [-0.2, 0) is 0 Å². The summed E-state index contributed by atoms with van der Waals surface area (Å²) >= 11 is 0. The smallest absolute Gasteiger partial charge is 0.195 e. The molecule has 0 aliphatic heterocycles. The molecular formula is C14H15N3O. The predicted octanol–water partition coefficient (Wildman–Crippen LogP) is 1.83. The van der Waals surface area contributed by atoms with E-state index < -0.39 is 0 Å². The molecule has 1 N–H and O–H groups in total. The molecule has 4 nitrogen and oxygen atoms in total. The van der Waals surface area contributed by atoms with Crippen LogP contribution < -0.4 is 5.32 Å². The van der Waals surface area contributed by atoms with Crippen LogP contribution in [0.3, 0.4) is 0 Å². The molecule has 0 bridgehead atoms. The summed E-state index contributed by atoms with van der Waals surface area (Å²) < 4.78 is 1.65. The number of carbonyl (C=O) groups excluding carboxylic acids is 1. The van der Waals surface area contributed by atoms with E-state index >= 15 is 0 Å². The summed E-state index contributed by atoms with van der Waals surface area (Å²) in [6, 6.07) is 11.3. The summed E-state index contributed by atoms with van der Waals surface area (Å²) in [7, 11) is 0. The van der Waals surface area contributed by atoms with E-state index in [0.717, 1.165) is 5.69 Å². The van der Waals surface area contributed by atoms with Crippen LogP contribution in [0, 0.1) is 0 Å². The van der Waals surface area contributed by atoms with Crippen LogP contribution in [0.2, 0.25) is 0 Å². The number of Topliss-reactive ketones (excluding diaryl/α,β-unsaturated/α-hetero) is 1. The summed E-state index contributed by atoms with van der Waals surface area (Å²) in [5, 5.41) is 7.18. The summed E-state index contributed by atoms with van der Waals surface area (Å²) in [6.45, 7) is 4.49. The first-order valence-corrected chi connectivity index (χ1v) is 5.77. The lowest BCUT2D eigenvalue weighted by atomic mass is 10.2. The second-order valence-corrected chi connectivity index (χ2v) is 3.81. The molecule has 0 unspecified atom stereocenters. The fourth-order valence-corrected chi connectivity index (χ4v) is 1.67. The van der Waals surface area contributed by atoms with Gasteiger partial charge < -0.3 is 5.32 Å². The molecule has 0 aliphatic rings. The fraction of sp³-hybridized carbons (Fsp3) is 0.143. The molecule has 4 heteroatoms. The number of benzene rings is 1. The van der Waals surface area contributed by atoms with Crippen LogP contribution in [0.15, 0.2) is 55.3 Å². The Morgan fingerprint density at radius 1 is 1.33 bits per heavy atom. The lowest BCUT2D eigenvalue weighted by molar-refractivity contribution is 0.0985. The van der Waals surface area contributed by atoms with Crippen LogP contribution in [0.5, 0.6) is 0 Å². The van der Waals surface area contributed by atoms with Crippen LogP contribution in [0.4, 0.5) is 0 Å². The first-order valence-electron chi connectivity index (χ1n) is 5.77. The van der Waals surface area contributed by atoms with E-state index in [-0.39, 0.29) is 12.3 Å². The van der Waals surface area contributed by atoms with Gasteiger partial charge >= 0.3 is 0 Å². The zero-order valence-corrected chi connectivity index (χ0v) is 10.0. The van der Waals surface area contributed by atoms with Crippen molar-refractivity contribution in [2.24, 2.45) is 0 Å². The van der Waals surface area contributed by atoms with Gasteiger partial charge in [0.15, 0.2) is 5.78 Å². The van der Waals surface area contributed by atoms with Gasteiger partial charge in [-0.05, 0) is 18.2 Å². The minimum Gasteiger partial charge on any atom is -0.306 e. The molecule has 18 heavy (non-hydrogen) atoms. The Bertz CT molecular complexity index is 531. The second-order valence-electron chi connectivity index (χ2n) is 3.81. The van der Waals surface area contributed by atoms with Gasteiger partial charge in [0, 0.05) is 6.54 Å². The number of hydrogen-bond donors (Lipinski definition) is 1. The lowest BCUT2D eigenvalue weighted by Crippen LogP contribution is -2.24. The van der Waals surface area contributed by atoms with Crippen molar-refractivity contribution in [3.05, 3.63) is 60.9 Å². The van der Waals surface area contributed by atoms with E-state index in [2.05, 4.69) is 17.0 Å². The molecule has 0 atom stereocenters. The average Bonchev–Trinajstić information content (AvgIpc) is 2.89. The van der Waals surface area contributed by atoms with E-state index in [4.69, 9.17) is 0 Å². The topological polar surface area (TPSA) is 46.9 Å². The molecule has 92 valence electrons.